The van der Waals surface area contributed by atoms with E-state index in [0.29, 0.717) is 0 Å². The van der Waals surface area contributed by atoms with Crippen LogP contribution >= 0.6 is 0 Å². The van der Waals surface area contributed by atoms with Gasteiger partial charge in [0.25, 0.3) is 0 Å². The van der Waals surface area contributed by atoms with Crippen molar-refractivity contribution in [1.29, 1.82) is 0 Å². The number of hydrogen-bond donors (Lipinski definition) is 2. The van der Waals surface area contributed by atoms with E-state index in [1.807, 2.05) is 0 Å². The monoisotopic (exact) mass is 136 g/mol. The van der Waals surface area contributed by atoms with Crippen LogP contribution < -0.4 is 5.32 Å². The third-order valence-corrected chi connectivity index (χ3v) is 2.16. The number of aromatic amines is 1. The predicted molar refractivity (Wildman–Crippen MR) is 40.9 cm³/mol. The smallest absolute Gasteiger partial charge is 0.0360 e. The first-order valence-corrected chi connectivity index (χ1v) is 3.74. The second-order valence-electron chi connectivity index (χ2n) is 2.86. The summed E-state index contributed by atoms with van der Waals surface area (Å²) in [5.74, 6) is 0. The normalized spacial score (nSPS) is 16.9. The second kappa shape index (κ2) is 2.13. The summed E-state index contributed by atoms with van der Waals surface area (Å²) >= 11 is 0. The van der Waals surface area contributed by atoms with Crippen molar-refractivity contribution in [2.24, 2.45) is 0 Å². The van der Waals surface area contributed by atoms with Gasteiger partial charge in [-0.25, -0.2) is 0 Å². The van der Waals surface area contributed by atoms with Crippen LogP contribution in [-0.2, 0) is 13.0 Å². The molecule has 0 saturated heterocycles. The number of aromatic nitrogens is 1. The fourth-order valence-corrected chi connectivity index (χ4v) is 1.54. The lowest BCUT2D eigenvalue weighted by Crippen LogP contribution is -2.23. The minimum absolute atomic E-state index is 1.02. The van der Waals surface area contributed by atoms with Gasteiger partial charge in [-0.3, -0.25) is 0 Å². The van der Waals surface area contributed by atoms with Crippen molar-refractivity contribution >= 4 is 0 Å². The van der Waals surface area contributed by atoms with Crippen molar-refractivity contribution in [3.05, 3.63) is 23.0 Å². The molecule has 2 heteroatoms. The molecule has 0 bridgehead atoms. The number of hydrogen-bond acceptors (Lipinski definition) is 1. The highest BCUT2D eigenvalue weighted by atomic mass is 14.9. The Kier molecular flexibility index (Phi) is 1.27. The van der Waals surface area contributed by atoms with Crippen LogP contribution in [0.1, 0.15) is 16.8 Å². The van der Waals surface area contributed by atoms with Gasteiger partial charge in [0.1, 0.15) is 0 Å². The lowest BCUT2D eigenvalue weighted by molar-refractivity contribution is 0.633. The molecule has 0 unspecified atom stereocenters. The molecule has 54 valence electrons. The van der Waals surface area contributed by atoms with Crippen molar-refractivity contribution in [1.82, 2.24) is 10.3 Å². The van der Waals surface area contributed by atoms with Crippen molar-refractivity contribution in [3.8, 4) is 0 Å². The van der Waals surface area contributed by atoms with Crippen LogP contribution in [0.4, 0.5) is 0 Å². The molecule has 0 saturated carbocycles. The molecule has 0 atom stereocenters. The maximum atomic E-state index is 3.32. The summed E-state index contributed by atoms with van der Waals surface area (Å²) in [6, 6.07) is 0. The summed E-state index contributed by atoms with van der Waals surface area (Å²) in [6.45, 7) is 4.31. The van der Waals surface area contributed by atoms with E-state index in [2.05, 4.69) is 23.4 Å². The van der Waals surface area contributed by atoms with Gasteiger partial charge >= 0.3 is 0 Å². The molecule has 0 radical (unpaired) electrons. The minimum Gasteiger partial charge on any atom is -0.363 e. The van der Waals surface area contributed by atoms with Crippen LogP contribution in [-0.4, -0.2) is 11.5 Å². The number of nitrogens with one attached hydrogen (secondary N) is 2. The number of aryl methyl sites for hydroxylation is 1. The number of H-pyrrole nitrogens is 1. The molecule has 1 aliphatic heterocycles. The van der Waals surface area contributed by atoms with Gasteiger partial charge in [0.05, 0.1) is 0 Å². The van der Waals surface area contributed by atoms with E-state index in [1.165, 1.54) is 23.2 Å². The Morgan fingerprint density at radius 3 is 3.20 bits per heavy atom. The van der Waals surface area contributed by atoms with Gasteiger partial charge < -0.3 is 10.3 Å². The molecule has 1 aromatic rings. The van der Waals surface area contributed by atoms with Crippen molar-refractivity contribution < 1.29 is 0 Å². The first-order chi connectivity index (χ1) is 4.88. The minimum atomic E-state index is 1.02. The van der Waals surface area contributed by atoms with Gasteiger partial charge in [-0.1, -0.05) is 0 Å². The molecule has 0 fully saturated rings. The topological polar surface area (TPSA) is 27.8 Å². The molecular formula is C8H12N2. The summed E-state index contributed by atoms with van der Waals surface area (Å²) in [4.78, 5) is 3.26. The third-order valence-electron chi connectivity index (χ3n) is 2.16. The lowest BCUT2D eigenvalue weighted by atomic mass is 10.1. The predicted octanol–water partition coefficient (Wildman–Crippen LogP) is 0.969. The Balaban J connectivity index is 2.45. The summed E-state index contributed by atoms with van der Waals surface area (Å²) in [6.07, 6.45) is 3.28. The van der Waals surface area contributed by atoms with Gasteiger partial charge in [-0.15, -0.1) is 0 Å². The molecule has 2 heterocycles. The standard InChI is InChI=1S/C8H12N2/c1-6-4-10-8-5-9-3-2-7(6)8/h4,9-10H,2-3,5H2,1H3. The summed E-state index contributed by atoms with van der Waals surface area (Å²) in [5, 5.41) is 3.32. The van der Waals surface area contributed by atoms with Crippen molar-refractivity contribution in [2.45, 2.75) is 19.9 Å². The van der Waals surface area contributed by atoms with Gasteiger partial charge in [0, 0.05) is 18.4 Å². The van der Waals surface area contributed by atoms with Crippen molar-refractivity contribution in [2.75, 3.05) is 6.54 Å². The van der Waals surface area contributed by atoms with Gasteiger partial charge in [0.2, 0.25) is 0 Å². The third kappa shape index (κ3) is 0.762. The summed E-state index contributed by atoms with van der Waals surface area (Å²) in [7, 11) is 0. The first kappa shape index (κ1) is 5.98. The SMILES string of the molecule is Cc1c[nH]c2c1CCNC2. The van der Waals surface area contributed by atoms with E-state index >= 15 is 0 Å². The zero-order valence-corrected chi connectivity index (χ0v) is 6.20. The van der Waals surface area contributed by atoms with E-state index in [0.717, 1.165) is 13.1 Å². The highest BCUT2D eigenvalue weighted by Crippen LogP contribution is 2.15. The zero-order valence-electron chi connectivity index (χ0n) is 6.20. The Hall–Kier alpha value is -0.760. The highest BCUT2D eigenvalue weighted by Gasteiger charge is 2.10. The van der Waals surface area contributed by atoms with Crippen LogP contribution in [0.15, 0.2) is 6.20 Å². The molecule has 2 N–H and O–H groups in total. The first-order valence-electron chi connectivity index (χ1n) is 3.74. The fourth-order valence-electron chi connectivity index (χ4n) is 1.54. The quantitative estimate of drug-likeness (QED) is 0.546. The van der Waals surface area contributed by atoms with Crippen LogP contribution in [0.3, 0.4) is 0 Å². The zero-order chi connectivity index (χ0) is 6.97. The summed E-state index contributed by atoms with van der Waals surface area (Å²) < 4.78 is 0. The highest BCUT2D eigenvalue weighted by molar-refractivity contribution is 5.31. The maximum absolute atomic E-state index is 3.32. The largest absolute Gasteiger partial charge is 0.363 e. The summed E-state index contributed by atoms with van der Waals surface area (Å²) in [5.41, 5.74) is 4.32. The lowest BCUT2D eigenvalue weighted by Gasteiger charge is -2.12. The molecule has 0 aliphatic carbocycles. The molecule has 0 aromatic carbocycles. The van der Waals surface area contributed by atoms with Crippen LogP contribution in [0, 0.1) is 6.92 Å². The molecule has 0 spiro atoms. The average molecular weight is 136 g/mol. The Bertz CT molecular complexity index is 237. The van der Waals surface area contributed by atoms with E-state index in [-0.39, 0.29) is 0 Å². The number of fused-ring (bicyclic) bond motifs is 1. The molecule has 2 rings (SSSR count). The van der Waals surface area contributed by atoms with E-state index in [9.17, 15) is 0 Å². The van der Waals surface area contributed by atoms with Gasteiger partial charge in [0.15, 0.2) is 0 Å². The van der Waals surface area contributed by atoms with E-state index in [1.54, 1.807) is 0 Å². The molecule has 1 aliphatic rings. The Labute approximate surface area is 60.6 Å². The fraction of sp³-hybridized carbons (Fsp3) is 0.500. The van der Waals surface area contributed by atoms with Crippen LogP contribution in [0.25, 0.3) is 0 Å². The molecular weight excluding hydrogens is 124 g/mol. The van der Waals surface area contributed by atoms with Gasteiger partial charge in [-0.2, -0.15) is 0 Å². The average Bonchev–Trinajstić information content (AvgIpc) is 2.34. The Morgan fingerprint density at radius 2 is 2.40 bits per heavy atom. The van der Waals surface area contributed by atoms with Gasteiger partial charge in [-0.05, 0) is 31.0 Å². The molecule has 1 aromatic heterocycles. The molecule has 10 heavy (non-hydrogen) atoms. The maximum Gasteiger partial charge on any atom is 0.0360 e. The van der Waals surface area contributed by atoms with Crippen LogP contribution in [0.2, 0.25) is 0 Å². The number of rotatable bonds is 0. The van der Waals surface area contributed by atoms with E-state index < -0.39 is 0 Å². The second-order valence-corrected chi connectivity index (χ2v) is 2.86. The van der Waals surface area contributed by atoms with E-state index in [4.69, 9.17) is 0 Å². The molecule has 0 amide bonds. The van der Waals surface area contributed by atoms with Crippen molar-refractivity contribution in [3.63, 3.8) is 0 Å². The Morgan fingerprint density at radius 1 is 1.50 bits per heavy atom. The van der Waals surface area contributed by atoms with Crippen LogP contribution in [0.5, 0.6) is 0 Å². The molecule has 2 nitrogen and oxygen atoms in total.